The van der Waals surface area contributed by atoms with Gasteiger partial charge in [-0.2, -0.15) is 0 Å². The Hall–Kier alpha value is -2.50. The molecule has 0 amide bonds. The van der Waals surface area contributed by atoms with Crippen molar-refractivity contribution in [3.8, 4) is 0 Å². The minimum atomic E-state index is -0.910. The number of carboxylic acids is 1. The molecule has 1 saturated heterocycles. The van der Waals surface area contributed by atoms with Gasteiger partial charge < -0.3 is 9.84 Å². The number of ether oxygens (including phenoxy) is 1. The highest BCUT2D eigenvalue weighted by Gasteiger charge is 2.38. The molecule has 5 heteroatoms. The lowest BCUT2D eigenvalue weighted by molar-refractivity contribution is -0.142. The van der Waals surface area contributed by atoms with Crippen molar-refractivity contribution >= 4 is 11.8 Å². The van der Waals surface area contributed by atoms with Gasteiger partial charge in [0, 0.05) is 18.5 Å². The van der Waals surface area contributed by atoms with Crippen LogP contribution in [0.3, 0.4) is 0 Å². The predicted molar refractivity (Wildman–Crippen MR) is 93.4 cm³/mol. The molecule has 1 aliphatic rings. The average molecular weight is 339 g/mol. The Morgan fingerprint density at radius 2 is 1.68 bits per heavy atom. The van der Waals surface area contributed by atoms with Crippen LogP contribution in [0.4, 0.5) is 0 Å². The summed E-state index contributed by atoms with van der Waals surface area (Å²) in [6.45, 7) is 0.979. The first-order valence-electron chi connectivity index (χ1n) is 8.34. The van der Waals surface area contributed by atoms with E-state index >= 15 is 0 Å². The quantitative estimate of drug-likeness (QED) is 0.786. The molecule has 2 aromatic rings. The molecule has 5 nitrogen and oxygen atoms in total. The van der Waals surface area contributed by atoms with Crippen LogP contribution >= 0.6 is 0 Å². The van der Waals surface area contributed by atoms with Crippen LogP contribution in [0.1, 0.15) is 22.3 Å². The molecule has 1 aliphatic heterocycles. The van der Waals surface area contributed by atoms with E-state index < -0.39 is 12.0 Å². The number of likely N-dealkylation sites (tertiary alicyclic amines) is 1. The third-order valence-corrected chi connectivity index (χ3v) is 4.42. The first kappa shape index (κ1) is 17.3. The van der Waals surface area contributed by atoms with Gasteiger partial charge in [0.2, 0.25) is 0 Å². The normalized spacial score (nSPS) is 20.5. The fourth-order valence-corrected chi connectivity index (χ4v) is 3.10. The third-order valence-electron chi connectivity index (χ3n) is 4.42. The lowest BCUT2D eigenvalue weighted by Gasteiger charge is -2.19. The van der Waals surface area contributed by atoms with Crippen LogP contribution in [0.2, 0.25) is 0 Å². The summed E-state index contributed by atoms with van der Waals surface area (Å²) in [5, 5.41) is 9.46. The van der Waals surface area contributed by atoms with Crippen molar-refractivity contribution in [2.24, 2.45) is 0 Å². The van der Waals surface area contributed by atoms with Gasteiger partial charge in [-0.05, 0) is 5.56 Å². The van der Waals surface area contributed by atoms with Crippen LogP contribution in [0.25, 0.3) is 0 Å². The van der Waals surface area contributed by atoms with Gasteiger partial charge in [0.1, 0.15) is 6.04 Å². The molecule has 1 N–H and O–H groups in total. The van der Waals surface area contributed by atoms with E-state index in [4.69, 9.17) is 4.74 Å². The Bertz CT molecular complexity index is 717. The number of Topliss-reactive ketones (excluding diaryl/α,β-unsaturated/α-hetero) is 1. The molecule has 0 bridgehead atoms. The molecule has 0 radical (unpaired) electrons. The number of hydrogen-bond donors (Lipinski definition) is 1. The lowest BCUT2D eigenvalue weighted by Crippen LogP contribution is -2.39. The van der Waals surface area contributed by atoms with Gasteiger partial charge in [-0.3, -0.25) is 14.5 Å². The number of ketones is 1. The van der Waals surface area contributed by atoms with Crippen LogP contribution < -0.4 is 0 Å². The van der Waals surface area contributed by atoms with E-state index in [-0.39, 0.29) is 18.4 Å². The molecular formula is C20H21NO4. The smallest absolute Gasteiger partial charge is 0.321 e. The van der Waals surface area contributed by atoms with E-state index in [9.17, 15) is 14.7 Å². The van der Waals surface area contributed by atoms with Gasteiger partial charge in [0.05, 0.1) is 19.3 Å². The van der Waals surface area contributed by atoms with Crippen LogP contribution in [0.15, 0.2) is 60.7 Å². The summed E-state index contributed by atoms with van der Waals surface area (Å²) < 4.78 is 5.87. The van der Waals surface area contributed by atoms with Crippen LogP contribution in [-0.2, 0) is 16.1 Å². The second-order valence-corrected chi connectivity index (χ2v) is 6.23. The average Bonchev–Trinajstić information content (AvgIpc) is 3.04. The summed E-state index contributed by atoms with van der Waals surface area (Å²) in [5.74, 6) is -0.984. The number of carbonyl (C=O) groups is 2. The summed E-state index contributed by atoms with van der Waals surface area (Å²) in [6.07, 6.45) is 0.203. The van der Waals surface area contributed by atoms with Crippen LogP contribution in [0.5, 0.6) is 0 Å². The zero-order valence-corrected chi connectivity index (χ0v) is 13.9. The largest absolute Gasteiger partial charge is 0.480 e. The highest BCUT2D eigenvalue weighted by Crippen LogP contribution is 2.22. The SMILES string of the molecule is O=C(CN1C[C@@H](OCc2ccccc2)C[C@@H]1C(=O)O)c1ccccc1. The second kappa shape index (κ2) is 8.05. The molecule has 25 heavy (non-hydrogen) atoms. The topological polar surface area (TPSA) is 66.8 Å². The highest BCUT2D eigenvalue weighted by molar-refractivity contribution is 5.97. The molecule has 0 spiro atoms. The third kappa shape index (κ3) is 4.53. The van der Waals surface area contributed by atoms with E-state index in [1.54, 1.807) is 29.2 Å². The summed E-state index contributed by atoms with van der Waals surface area (Å²) in [4.78, 5) is 25.6. The van der Waals surface area contributed by atoms with E-state index in [0.717, 1.165) is 5.56 Å². The monoisotopic (exact) mass is 339 g/mol. The Kier molecular flexibility index (Phi) is 5.58. The number of benzene rings is 2. The number of nitrogens with zero attached hydrogens (tertiary/aromatic N) is 1. The van der Waals surface area contributed by atoms with E-state index in [1.807, 2.05) is 36.4 Å². The van der Waals surface area contributed by atoms with Gasteiger partial charge in [0.15, 0.2) is 5.78 Å². The standard InChI is InChI=1S/C20H21NO4/c22-19(16-9-5-2-6-10-16)13-21-12-17(11-18(21)20(23)24)25-14-15-7-3-1-4-8-15/h1-10,17-18H,11-14H2,(H,23,24)/t17-,18+/m0/s1. The van der Waals surface area contributed by atoms with Gasteiger partial charge in [-0.1, -0.05) is 60.7 Å². The van der Waals surface area contributed by atoms with Gasteiger partial charge >= 0.3 is 5.97 Å². The van der Waals surface area contributed by atoms with Gasteiger partial charge in [-0.25, -0.2) is 0 Å². The molecule has 2 atom stereocenters. The maximum atomic E-state index is 12.4. The molecular weight excluding hydrogens is 318 g/mol. The Labute approximate surface area is 146 Å². The first-order valence-corrected chi connectivity index (χ1v) is 8.34. The molecule has 0 unspecified atom stereocenters. The van der Waals surface area contributed by atoms with Crippen molar-refractivity contribution in [1.29, 1.82) is 0 Å². The van der Waals surface area contributed by atoms with Crippen molar-refractivity contribution in [3.63, 3.8) is 0 Å². The van der Waals surface area contributed by atoms with Gasteiger partial charge in [0.25, 0.3) is 0 Å². The van der Waals surface area contributed by atoms with Crippen molar-refractivity contribution < 1.29 is 19.4 Å². The molecule has 0 saturated carbocycles. The Balaban J connectivity index is 1.60. The minimum absolute atomic E-state index is 0.0736. The molecule has 3 rings (SSSR count). The zero-order valence-electron chi connectivity index (χ0n) is 13.9. The number of aliphatic carboxylic acids is 1. The minimum Gasteiger partial charge on any atom is -0.480 e. The van der Waals surface area contributed by atoms with Crippen LogP contribution in [0, 0.1) is 0 Å². The van der Waals surface area contributed by atoms with Gasteiger partial charge in [-0.15, -0.1) is 0 Å². The highest BCUT2D eigenvalue weighted by atomic mass is 16.5. The first-order chi connectivity index (χ1) is 12.1. The maximum absolute atomic E-state index is 12.4. The number of carboxylic acid groups (broad SMARTS) is 1. The Morgan fingerprint density at radius 1 is 1.04 bits per heavy atom. The molecule has 1 fully saturated rings. The summed E-state index contributed by atoms with van der Waals surface area (Å²) >= 11 is 0. The molecule has 0 aliphatic carbocycles. The van der Waals surface area contributed by atoms with E-state index in [0.29, 0.717) is 25.1 Å². The van der Waals surface area contributed by atoms with Crippen molar-refractivity contribution in [1.82, 2.24) is 4.90 Å². The maximum Gasteiger partial charge on any atom is 0.321 e. The second-order valence-electron chi connectivity index (χ2n) is 6.23. The number of rotatable bonds is 7. The van der Waals surface area contributed by atoms with Crippen LogP contribution in [-0.4, -0.2) is 47.0 Å². The molecule has 1 heterocycles. The van der Waals surface area contributed by atoms with E-state index in [2.05, 4.69) is 0 Å². The summed E-state index contributed by atoms with van der Waals surface area (Å²) in [7, 11) is 0. The van der Waals surface area contributed by atoms with E-state index in [1.165, 1.54) is 0 Å². The Morgan fingerprint density at radius 3 is 2.32 bits per heavy atom. The zero-order chi connectivity index (χ0) is 17.6. The van der Waals surface area contributed by atoms with Crippen molar-refractivity contribution in [3.05, 3.63) is 71.8 Å². The molecule has 2 aromatic carbocycles. The molecule has 0 aromatic heterocycles. The van der Waals surface area contributed by atoms with Crippen molar-refractivity contribution in [2.75, 3.05) is 13.1 Å². The van der Waals surface area contributed by atoms with Crippen molar-refractivity contribution in [2.45, 2.75) is 25.2 Å². The lowest BCUT2D eigenvalue weighted by atomic mass is 10.1. The fourth-order valence-electron chi connectivity index (χ4n) is 3.10. The summed E-state index contributed by atoms with van der Waals surface area (Å²) in [5.41, 5.74) is 1.65. The fraction of sp³-hybridized carbons (Fsp3) is 0.300. The predicted octanol–water partition coefficient (Wildman–Crippen LogP) is 2.61. The number of carbonyl (C=O) groups excluding carboxylic acids is 1. The summed E-state index contributed by atoms with van der Waals surface area (Å²) in [6, 6.07) is 18.0. The number of hydrogen-bond acceptors (Lipinski definition) is 4. The molecule has 130 valence electrons.